The fourth-order valence-electron chi connectivity index (χ4n) is 2.58. The van der Waals surface area contributed by atoms with Gasteiger partial charge in [-0.05, 0) is 24.3 Å². The van der Waals surface area contributed by atoms with Crippen molar-refractivity contribution in [2.75, 3.05) is 16.8 Å². The van der Waals surface area contributed by atoms with Gasteiger partial charge in [0, 0.05) is 23.8 Å². The summed E-state index contributed by atoms with van der Waals surface area (Å²) < 4.78 is 14.7. The molecule has 1 amide bonds. The van der Waals surface area contributed by atoms with Gasteiger partial charge in [-0.1, -0.05) is 11.8 Å². The number of aromatic nitrogens is 3. The lowest BCUT2D eigenvalue weighted by atomic mass is 10.3. The Hall–Kier alpha value is -2.17. The highest BCUT2D eigenvalue weighted by Crippen LogP contribution is 2.30. The molecule has 0 unspecified atom stereocenters. The van der Waals surface area contributed by atoms with Gasteiger partial charge in [0.25, 0.3) is 5.56 Å². The average molecular weight is 421 g/mol. The Balaban J connectivity index is 1.64. The number of carbonyl (C=O) groups excluding carboxylic acids is 1. The van der Waals surface area contributed by atoms with Gasteiger partial charge in [0.2, 0.25) is 5.91 Å². The second-order valence-electron chi connectivity index (χ2n) is 5.56. The Bertz CT molecular complexity index is 1040. The SMILES string of the molecule is O=C(CSc1nc2c(c(=O)n1-c1ccc(F)cc1)SCC2)Nc1nccs1. The van der Waals surface area contributed by atoms with Crippen LogP contribution in [0.2, 0.25) is 0 Å². The maximum absolute atomic E-state index is 13.3. The Morgan fingerprint density at radius 1 is 1.33 bits per heavy atom. The van der Waals surface area contributed by atoms with Crippen molar-refractivity contribution in [1.82, 2.24) is 14.5 Å². The van der Waals surface area contributed by atoms with Gasteiger partial charge in [0.05, 0.1) is 22.0 Å². The van der Waals surface area contributed by atoms with Crippen LogP contribution in [0.3, 0.4) is 0 Å². The quantitative estimate of drug-likeness (QED) is 0.505. The number of fused-ring (bicyclic) bond motifs is 1. The highest BCUT2D eigenvalue weighted by molar-refractivity contribution is 8.00. The van der Waals surface area contributed by atoms with Gasteiger partial charge in [-0.3, -0.25) is 14.2 Å². The van der Waals surface area contributed by atoms with Crippen LogP contribution in [-0.4, -0.2) is 31.9 Å². The molecule has 3 heterocycles. The molecule has 2 aromatic heterocycles. The molecule has 27 heavy (non-hydrogen) atoms. The van der Waals surface area contributed by atoms with E-state index in [2.05, 4.69) is 15.3 Å². The Morgan fingerprint density at radius 2 is 2.15 bits per heavy atom. The van der Waals surface area contributed by atoms with Crippen molar-refractivity contribution >= 4 is 45.9 Å². The van der Waals surface area contributed by atoms with Gasteiger partial charge < -0.3 is 5.32 Å². The topological polar surface area (TPSA) is 76.9 Å². The van der Waals surface area contributed by atoms with Crippen LogP contribution in [0.25, 0.3) is 5.69 Å². The van der Waals surface area contributed by atoms with Gasteiger partial charge in [0.15, 0.2) is 10.3 Å². The van der Waals surface area contributed by atoms with Gasteiger partial charge in [-0.2, -0.15) is 0 Å². The molecule has 0 aliphatic carbocycles. The standard InChI is InChI=1S/C17H13FN4O2S3/c18-10-1-3-11(4-2-10)22-15(24)14-12(5-7-25-14)20-17(22)27-9-13(23)21-16-19-6-8-26-16/h1-4,6,8H,5,7,9H2,(H,19,21,23). The second kappa shape index (κ2) is 7.83. The lowest BCUT2D eigenvalue weighted by Gasteiger charge is -2.13. The van der Waals surface area contributed by atoms with Gasteiger partial charge >= 0.3 is 0 Å². The number of hydrogen-bond donors (Lipinski definition) is 1. The number of hydrogen-bond acceptors (Lipinski definition) is 7. The lowest BCUT2D eigenvalue weighted by Crippen LogP contribution is -2.24. The summed E-state index contributed by atoms with van der Waals surface area (Å²) in [5, 5.41) is 5.42. The first-order valence-corrected chi connectivity index (χ1v) is 10.8. The lowest BCUT2D eigenvalue weighted by molar-refractivity contribution is -0.113. The van der Waals surface area contributed by atoms with E-state index >= 15 is 0 Å². The molecule has 0 bridgehead atoms. The minimum atomic E-state index is -0.382. The smallest absolute Gasteiger partial charge is 0.272 e. The van der Waals surface area contributed by atoms with E-state index in [1.165, 1.54) is 63.7 Å². The molecule has 0 spiro atoms. The van der Waals surface area contributed by atoms with Crippen LogP contribution >= 0.6 is 34.9 Å². The number of aryl methyl sites for hydroxylation is 1. The summed E-state index contributed by atoms with van der Waals surface area (Å²) in [5.41, 5.74) is 1.09. The van der Waals surface area contributed by atoms with Crippen molar-refractivity contribution in [3.63, 3.8) is 0 Å². The minimum absolute atomic E-state index is 0.0825. The Morgan fingerprint density at radius 3 is 2.89 bits per heavy atom. The monoisotopic (exact) mass is 420 g/mol. The van der Waals surface area contributed by atoms with Crippen LogP contribution in [0, 0.1) is 5.82 Å². The zero-order valence-electron chi connectivity index (χ0n) is 13.8. The molecular weight excluding hydrogens is 407 g/mol. The van der Waals surface area contributed by atoms with E-state index in [-0.39, 0.29) is 23.0 Å². The minimum Gasteiger partial charge on any atom is -0.301 e. The first kappa shape index (κ1) is 18.2. The number of thioether (sulfide) groups is 2. The van der Waals surface area contributed by atoms with E-state index in [1.54, 1.807) is 11.6 Å². The molecule has 0 fully saturated rings. The number of anilines is 1. The van der Waals surface area contributed by atoms with Crippen LogP contribution in [0.15, 0.2) is 50.7 Å². The van der Waals surface area contributed by atoms with E-state index in [0.717, 1.165) is 17.9 Å². The van der Waals surface area contributed by atoms with Crippen molar-refractivity contribution in [3.05, 3.63) is 57.7 Å². The third-order valence-electron chi connectivity index (χ3n) is 3.76. The zero-order chi connectivity index (χ0) is 18.8. The molecule has 1 N–H and O–H groups in total. The average Bonchev–Trinajstić information content (AvgIpc) is 3.33. The number of thiazole rings is 1. The maximum atomic E-state index is 13.3. The van der Waals surface area contributed by atoms with Crippen molar-refractivity contribution in [2.45, 2.75) is 16.5 Å². The third kappa shape index (κ3) is 3.92. The number of nitrogens with zero attached hydrogens (tertiary/aromatic N) is 3. The summed E-state index contributed by atoms with van der Waals surface area (Å²) in [6, 6.07) is 5.66. The molecule has 6 nitrogen and oxygen atoms in total. The van der Waals surface area contributed by atoms with E-state index < -0.39 is 0 Å². The molecule has 0 radical (unpaired) electrons. The van der Waals surface area contributed by atoms with Crippen LogP contribution in [0.1, 0.15) is 5.69 Å². The van der Waals surface area contributed by atoms with Crippen LogP contribution in [0.4, 0.5) is 9.52 Å². The zero-order valence-corrected chi connectivity index (χ0v) is 16.3. The molecule has 0 saturated heterocycles. The largest absolute Gasteiger partial charge is 0.301 e. The highest BCUT2D eigenvalue weighted by Gasteiger charge is 2.23. The molecule has 1 aliphatic heterocycles. The number of amides is 1. The first-order chi connectivity index (χ1) is 13.1. The predicted octanol–water partition coefficient (Wildman–Crippen LogP) is 3.21. The van der Waals surface area contributed by atoms with Crippen molar-refractivity contribution < 1.29 is 9.18 Å². The van der Waals surface area contributed by atoms with Crippen molar-refractivity contribution in [2.24, 2.45) is 0 Å². The highest BCUT2D eigenvalue weighted by atomic mass is 32.2. The van der Waals surface area contributed by atoms with Crippen molar-refractivity contribution in [1.29, 1.82) is 0 Å². The number of benzene rings is 1. The van der Waals surface area contributed by atoms with E-state index in [4.69, 9.17) is 0 Å². The van der Waals surface area contributed by atoms with Crippen LogP contribution < -0.4 is 10.9 Å². The Kier molecular flexibility index (Phi) is 5.28. The second-order valence-corrected chi connectivity index (χ2v) is 8.50. The summed E-state index contributed by atoms with van der Waals surface area (Å²) in [6.07, 6.45) is 2.33. The van der Waals surface area contributed by atoms with E-state index in [1.807, 2.05) is 0 Å². The fourth-order valence-corrected chi connectivity index (χ4v) is 4.98. The van der Waals surface area contributed by atoms with Crippen LogP contribution in [-0.2, 0) is 11.2 Å². The van der Waals surface area contributed by atoms with Gasteiger partial charge in [0.1, 0.15) is 5.82 Å². The van der Waals surface area contributed by atoms with E-state index in [0.29, 0.717) is 20.9 Å². The number of nitrogens with one attached hydrogen (secondary N) is 1. The molecule has 3 aromatic rings. The molecule has 0 saturated carbocycles. The van der Waals surface area contributed by atoms with Crippen LogP contribution in [0.5, 0.6) is 0 Å². The molecule has 0 atom stereocenters. The Labute approximate surface area is 166 Å². The molecule has 138 valence electrons. The maximum Gasteiger partial charge on any atom is 0.272 e. The summed E-state index contributed by atoms with van der Waals surface area (Å²) in [7, 11) is 0. The predicted molar refractivity (Wildman–Crippen MR) is 106 cm³/mol. The summed E-state index contributed by atoms with van der Waals surface area (Å²) in [4.78, 5) is 34.4. The normalized spacial score (nSPS) is 12.8. The molecule has 1 aromatic carbocycles. The van der Waals surface area contributed by atoms with E-state index in [9.17, 15) is 14.0 Å². The van der Waals surface area contributed by atoms with Gasteiger partial charge in [-0.25, -0.2) is 14.4 Å². The molecule has 1 aliphatic rings. The third-order valence-corrected chi connectivity index (χ3v) is 6.50. The van der Waals surface area contributed by atoms with Gasteiger partial charge in [-0.15, -0.1) is 23.1 Å². The number of halogens is 1. The first-order valence-electron chi connectivity index (χ1n) is 7.98. The van der Waals surface area contributed by atoms with Crippen molar-refractivity contribution in [3.8, 4) is 5.69 Å². The summed E-state index contributed by atoms with van der Waals surface area (Å²) in [6.45, 7) is 0. The number of carbonyl (C=O) groups is 1. The summed E-state index contributed by atoms with van der Waals surface area (Å²) in [5.74, 6) is 0.274. The molecular formula is C17H13FN4O2S3. The molecule has 4 rings (SSSR count). The molecule has 10 heteroatoms. The number of rotatable bonds is 5. The fraction of sp³-hybridized carbons (Fsp3) is 0.176. The summed E-state index contributed by atoms with van der Waals surface area (Å²) >= 11 is 3.98.